The molecule has 1 aliphatic heterocycles. The first-order valence-electron chi connectivity index (χ1n) is 11.3. The Balaban J connectivity index is 1.45. The van der Waals surface area contributed by atoms with Gasteiger partial charge in [0.15, 0.2) is 11.5 Å². The summed E-state index contributed by atoms with van der Waals surface area (Å²) in [6.45, 7) is 1.36. The van der Waals surface area contributed by atoms with Gasteiger partial charge in [-0.05, 0) is 54.3 Å². The molecule has 0 amide bonds. The number of aromatic nitrogens is 3. The molecule has 1 aliphatic rings. The molecular formula is C26H25F3N4O2. The summed E-state index contributed by atoms with van der Waals surface area (Å²) in [6.07, 6.45) is 0.962. The quantitative estimate of drug-likeness (QED) is 0.345. The van der Waals surface area contributed by atoms with Crippen molar-refractivity contribution in [3.05, 3.63) is 77.7 Å². The summed E-state index contributed by atoms with van der Waals surface area (Å²) >= 11 is 0. The summed E-state index contributed by atoms with van der Waals surface area (Å²) < 4.78 is 51.8. The maximum Gasteiger partial charge on any atom is 0.416 e. The first-order valence-corrected chi connectivity index (χ1v) is 11.3. The van der Waals surface area contributed by atoms with E-state index in [4.69, 9.17) is 9.47 Å². The standard InChI is InChI=1S/C26H25F3N4O2/c1-34-22-10-5-17(14-23(22)35-2)15-32-13-11-20-24(32)30-16-31-25(20)33-12-3-4-21(33)18-6-8-19(9-7-18)26(27,28)29/h5-11,13-14,16,21H,3-4,12,15H2,1-2H3. The lowest BCUT2D eigenvalue weighted by Crippen LogP contribution is -2.24. The van der Waals surface area contributed by atoms with Crippen molar-refractivity contribution in [3.8, 4) is 11.5 Å². The van der Waals surface area contributed by atoms with Crippen molar-refractivity contribution in [2.24, 2.45) is 0 Å². The van der Waals surface area contributed by atoms with E-state index in [0.29, 0.717) is 18.0 Å². The van der Waals surface area contributed by atoms with E-state index in [1.54, 1.807) is 32.7 Å². The predicted molar refractivity (Wildman–Crippen MR) is 127 cm³/mol. The fraction of sp³-hybridized carbons (Fsp3) is 0.308. The molecule has 0 saturated carbocycles. The molecule has 182 valence electrons. The summed E-state index contributed by atoms with van der Waals surface area (Å²) in [5, 5.41) is 0.909. The fourth-order valence-electron chi connectivity index (χ4n) is 4.78. The van der Waals surface area contributed by atoms with Crippen LogP contribution in [0.5, 0.6) is 11.5 Å². The first kappa shape index (κ1) is 23.0. The number of hydrogen-bond acceptors (Lipinski definition) is 5. The van der Waals surface area contributed by atoms with Crippen LogP contribution in [-0.4, -0.2) is 35.3 Å². The normalized spacial score (nSPS) is 16.1. The van der Waals surface area contributed by atoms with Crippen LogP contribution in [0, 0.1) is 0 Å². The summed E-state index contributed by atoms with van der Waals surface area (Å²) in [4.78, 5) is 11.3. The molecule has 5 rings (SSSR count). The maximum absolute atomic E-state index is 13.0. The largest absolute Gasteiger partial charge is 0.493 e. The van der Waals surface area contributed by atoms with Crippen LogP contribution < -0.4 is 14.4 Å². The molecular weight excluding hydrogens is 457 g/mol. The first-order chi connectivity index (χ1) is 16.9. The molecule has 0 radical (unpaired) electrons. The highest BCUT2D eigenvalue weighted by molar-refractivity contribution is 5.88. The SMILES string of the molecule is COc1ccc(Cn2ccc3c(N4CCCC4c4ccc(C(F)(F)F)cc4)ncnc32)cc1OC. The second-order valence-corrected chi connectivity index (χ2v) is 8.54. The van der Waals surface area contributed by atoms with Crippen LogP contribution in [0.1, 0.15) is 35.6 Å². The van der Waals surface area contributed by atoms with Crippen molar-refractivity contribution < 1.29 is 22.6 Å². The van der Waals surface area contributed by atoms with Crippen molar-refractivity contribution >= 4 is 16.9 Å². The van der Waals surface area contributed by atoms with Crippen LogP contribution in [0.2, 0.25) is 0 Å². The minimum absolute atomic E-state index is 0.0374. The lowest BCUT2D eigenvalue weighted by Gasteiger charge is -2.27. The Morgan fingerprint density at radius 2 is 1.74 bits per heavy atom. The summed E-state index contributed by atoms with van der Waals surface area (Å²) in [7, 11) is 3.21. The molecule has 9 heteroatoms. The molecule has 0 bridgehead atoms. The van der Waals surface area contributed by atoms with Gasteiger partial charge in [-0.2, -0.15) is 13.2 Å². The van der Waals surface area contributed by atoms with Gasteiger partial charge in [0.2, 0.25) is 0 Å². The lowest BCUT2D eigenvalue weighted by molar-refractivity contribution is -0.137. The Morgan fingerprint density at radius 3 is 2.46 bits per heavy atom. The minimum atomic E-state index is -4.34. The molecule has 0 aliphatic carbocycles. The van der Waals surface area contributed by atoms with Gasteiger partial charge in [-0.3, -0.25) is 0 Å². The second-order valence-electron chi connectivity index (χ2n) is 8.54. The molecule has 0 spiro atoms. The van der Waals surface area contributed by atoms with Crippen LogP contribution in [0.3, 0.4) is 0 Å². The lowest BCUT2D eigenvalue weighted by atomic mass is 10.0. The molecule has 3 heterocycles. The molecule has 1 atom stereocenters. The molecule has 35 heavy (non-hydrogen) atoms. The van der Waals surface area contributed by atoms with Crippen molar-refractivity contribution in [1.82, 2.24) is 14.5 Å². The number of ether oxygens (including phenoxy) is 2. The Morgan fingerprint density at radius 1 is 0.971 bits per heavy atom. The predicted octanol–water partition coefficient (Wildman–Crippen LogP) is 5.86. The minimum Gasteiger partial charge on any atom is -0.493 e. The van der Waals surface area contributed by atoms with Crippen molar-refractivity contribution in [2.45, 2.75) is 31.6 Å². The van der Waals surface area contributed by atoms with E-state index >= 15 is 0 Å². The molecule has 1 unspecified atom stereocenters. The number of fused-ring (bicyclic) bond motifs is 1. The Kier molecular flexibility index (Phi) is 6.00. The Bertz CT molecular complexity index is 1330. The molecule has 1 fully saturated rings. The molecule has 6 nitrogen and oxygen atoms in total. The highest BCUT2D eigenvalue weighted by atomic mass is 19.4. The number of alkyl halides is 3. The molecule has 1 saturated heterocycles. The van der Waals surface area contributed by atoms with Crippen LogP contribution >= 0.6 is 0 Å². The third kappa shape index (κ3) is 4.38. The van der Waals surface area contributed by atoms with E-state index in [0.717, 1.165) is 59.5 Å². The Labute approximate surface area is 200 Å². The van der Waals surface area contributed by atoms with Crippen LogP contribution in [0.4, 0.5) is 19.0 Å². The summed E-state index contributed by atoms with van der Waals surface area (Å²) in [6, 6.07) is 13.2. The van der Waals surface area contributed by atoms with E-state index in [-0.39, 0.29) is 6.04 Å². The Hall–Kier alpha value is -3.75. The van der Waals surface area contributed by atoms with Gasteiger partial charge in [-0.15, -0.1) is 0 Å². The number of halogens is 3. The van der Waals surface area contributed by atoms with Gasteiger partial charge < -0.3 is 18.9 Å². The van der Waals surface area contributed by atoms with Gasteiger partial charge in [0.25, 0.3) is 0 Å². The third-order valence-electron chi connectivity index (χ3n) is 6.48. The van der Waals surface area contributed by atoms with Crippen LogP contribution in [-0.2, 0) is 12.7 Å². The van der Waals surface area contributed by atoms with Gasteiger partial charge in [-0.25, -0.2) is 9.97 Å². The molecule has 2 aromatic heterocycles. The zero-order chi connectivity index (χ0) is 24.6. The summed E-state index contributed by atoms with van der Waals surface area (Å²) in [5.74, 6) is 2.12. The zero-order valence-electron chi connectivity index (χ0n) is 19.4. The van der Waals surface area contributed by atoms with Gasteiger partial charge >= 0.3 is 6.18 Å². The van der Waals surface area contributed by atoms with Gasteiger partial charge in [-0.1, -0.05) is 18.2 Å². The van der Waals surface area contributed by atoms with Crippen molar-refractivity contribution in [3.63, 3.8) is 0 Å². The van der Waals surface area contributed by atoms with Crippen LogP contribution in [0.15, 0.2) is 61.1 Å². The number of nitrogens with zero attached hydrogens (tertiary/aromatic N) is 4. The maximum atomic E-state index is 13.0. The van der Waals surface area contributed by atoms with Gasteiger partial charge in [0.1, 0.15) is 17.8 Å². The number of anilines is 1. The fourth-order valence-corrected chi connectivity index (χ4v) is 4.78. The monoisotopic (exact) mass is 482 g/mol. The zero-order valence-corrected chi connectivity index (χ0v) is 19.4. The van der Waals surface area contributed by atoms with E-state index in [2.05, 4.69) is 14.9 Å². The van der Waals surface area contributed by atoms with Gasteiger partial charge in [0.05, 0.1) is 31.2 Å². The number of methoxy groups -OCH3 is 2. The second kappa shape index (κ2) is 9.13. The number of hydrogen-bond donors (Lipinski definition) is 0. The smallest absolute Gasteiger partial charge is 0.416 e. The average Bonchev–Trinajstić information content (AvgIpc) is 3.51. The highest BCUT2D eigenvalue weighted by Gasteiger charge is 2.32. The van der Waals surface area contributed by atoms with Crippen molar-refractivity contribution in [1.29, 1.82) is 0 Å². The van der Waals surface area contributed by atoms with E-state index in [9.17, 15) is 13.2 Å². The number of benzene rings is 2. The average molecular weight is 483 g/mol. The highest BCUT2D eigenvalue weighted by Crippen LogP contribution is 2.39. The molecule has 0 N–H and O–H groups in total. The topological polar surface area (TPSA) is 52.4 Å². The van der Waals surface area contributed by atoms with E-state index in [1.165, 1.54) is 0 Å². The number of rotatable bonds is 6. The van der Waals surface area contributed by atoms with E-state index in [1.807, 2.05) is 35.0 Å². The van der Waals surface area contributed by atoms with Crippen LogP contribution in [0.25, 0.3) is 11.0 Å². The molecule has 4 aromatic rings. The van der Waals surface area contributed by atoms with Gasteiger partial charge in [0, 0.05) is 19.3 Å². The molecule has 2 aromatic carbocycles. The van der Waals surface area contributed by atoms with Crippen molar-refractivity contribution in [2.75, 3.05) is 25.7 Å². The summed E-state index contributed by atoms with van der Waals surface area (Å²) in [5.41, 5.74) is 2.04. The van der Waals surface area contributed by atoms with E-state index < -0.39 is 11.7 Å². The third-order valence-corrected chi connectivity index (χ3v) is 6.48.